The highest BCUT2D eigenvalue weighted by Crippen LogP contribution is 2.32. The number of carbonyl (C=O) groups excluding carboxylic acids is 3. The van der Waals surface area contributed by atoms with Gasteiger partial charge in [0.05, 0.1) is 19.9 Å². The predicted octanol–water partition coefficient (Wildman–Crippen LogP) is 3.32. The number of Topliss-reactive ketones (excluding diaryl/α,β-unsaturated/α-hetero) is 1. The molecule has 1 N–H and O–H groups in total. The smallest absolute Gasteiger partial charge is 0.332 e. The van der Waals surface area contributed by atoms with E-state index in [2.05, 4.69) is 5.32 Å². The van der Waals surface area contributed by atoms with Crippen LogP contribution in [0.1, 0.15) is 29.6 Å². The number of nitrogens with one attached hydrogen (secondary N) is 1. The number of ether oxygens (including phenoxy) is 2. The fourth-order valence-corrected chi connectivity index (χ4v) is 4.06. The molecule has 2 aliphatic heterocycles. The van der Waals surface area contributed by atoms with Crippen molar-refractivity contribution in [3.8, 4) is 11.5 Å². The number of imide groups is 1. The lowest BCUT2D eigenvalue weighted by atomic mass is 10.1. The third-order valence-corrected chi connectivity index (χ3v) is 5.71. The van der Waals surface area contributed by atoms with Gasteiger partial charge in [0.25, 0.3) is 5.91 Å². The maximum absolute atomic E-state index is 12.5. The molecular weight excluding hydrogens is 398 g/mol. The molecule has 2 aromatic carbocycles. The topological polar surface area (TPSA) is 88.2 Å². The van der Waals surface area contributed by atoms with E-state index in [9.17, 15) is 14.4 Å². The van der Waals surface area contributed by atoms with Gasteiger partial charge in [-0.25, -0.2) is 9.69 Å². The number of anilines is 2. The van der Waals surface area contributed by atoms with Crippen LogP contribution in [0, 0.1) is 0 Å². The maximum atomic E-state index is 12.5. The van der Waals surface area contributed by atoms with E-state index in [1.165, 1.54) is 12.0 Å². The zero-order chi connectivity index (χ0) is 22.0. The highest BCUT2D eigenvalue weighted by molar-refractivity contribution is 6.21. The minimum Gasteiger partial charge on any atom is -0.493 e. The van der Waals surface area contributed by atoms with Crippen LogP contribution in [0.15, 0.2) is 42.5 Å². The van der Waals surface area contributed by atoms with Crippen molar-refractivity contribution in [1.82, 2.24) is 4.90 Å². The molecule has 31 heavy (non-hydrogen) atoms. The van der Waals surface area contributed by atoms with Crippen LogP contribution < -0.4 is 19.7 Å². The molecule has 0 unspecified atom stereocenters. The number of hydrogen-bond acceptors (Lipinski definition) is 6. The number of ketones is 1. The van der Waals surface area contributed by atoms with E-state index in [0.717, 1.165) is 18.5 Å². The monoisotopic (exact) mass is 423 g/mol. The van der Waals surface area contributed by atoms with Crippen LogP contribution in [0.2, 0.25) is 0 Å². The molecule has 1 atom stereocenters. The molecule has 2 saturated heterocycles. The zero-order valence-electron chi connectivity index (χ0n) is 17.6. The molecule has 8 nitrogen and oxygen atoms in total. The maximum Gasteiger partial charge on any atom is 0.332 e. The molecule has 0 saturated carbocycles. The van der Waals surface area contributed by atoms with Gasteiger partial charge in [-0.1, -0.05) is 0 Å². The molecule has 4 rings (SSSR count). The number of urea groups is 1. The Morgan fingerprint density at radius 1 is 1.06 bits per heavy atom. The summed E-state index contributed by atoms with van der Waals surface area (Å²) in [6, 6.07) is 11.7. The van der Waals surface area contributed by atoms with E-state index >= 15 is 0 Å². The summed E-state index contributed by atoms with van der Waals surface area (Å²) in [4.78, 5) is 40.4. The van der Waals surface area contributed by atoms with Crippen LogP contribution in [-0.4, -0.2) is 56.0 Å². The molecule has 3 amide bonds. The van der Waals surface area contributed by atoms with Gasteiger partial charge >= 0.3 is 6.03 Å². The van der Waals surface area contributed by atoms with Gasteiger partial charge in [-0.15, -0.1) is 0 Å². The normalized spacial score (nSPS) is 17.7. The molecule has 0 bridgehead atoms. The number of nitrogens with zero attached hydrogens (tertiary/aromatic N) is 2. The van der Waals surface area contributed by atoms with E-state index in [1.54, 1.807) is 54.5 Å². The summed E-state index contributed by atoms with van der Waals surface area (Å²) in [7, 11) is 3.08. The van der Waals surface area contributed by atoms with Crippen molar-refractivity contribution in [2.45, 2.75) is 25.3 Å². The minimum absolute atomic E-state index is 0.0149. The first-order chi connectivity index (χ1) is 15.0. The third-order valence-electron chi connectivity index (χ3n) is 5.71. The first-order valence-corrected chi connectivity index (χ1v) is 10.3. The summed E-state index contributed by atoms with van der Waals surface area (Å²) in [6.45, 7) is 1.09. The number of amides is 3. The Morgan fingerprint density at radius 2 is 1.81 bits per heavy atom. The molecule has 0 aliphatic carbocycles. The number of benzene rings is 2. The lowest BCUT2D eigenvalue weighted by Gasteiger charge is -2.16. The third kappa shape index (κ3) is 3.93. The SMILES string of the molecule is COc1ccc(C(=O)CCNc2ccc(N3C(=O)[C@H]4CCCN4C3=O)cc2)cc1OC. The first-order valence-electron chi connectivity index (χ1n) is 10.3. The Balaban J connectivity index is 1.33. The second-order valence-electron chi connectivity index (χ2n) is 7.52. The molecule has 2 heterocycles. The minimum atomic E-state index is -0.312. The Labute approximate surface area is 180 Å². The lowest BCUT2D eigenvalue weighted by Crippen LogP contribution is -2.32. The summed E-state index contributed by atoms with van der Waals surface area (Å²) in [6.07, 6.45) is 1.91. The van der Waals surface area contributed by atoms with Gasteiger partial charge in [0.1, 0.15) is 6.04 Å². The quantitative estimate of drug-likeness (QED) is 0.518. The highest BCUT2D eigenvalue weighted by atomic mass is 16.5. The number of methoxy groups -OCH3 is 2. The summed E-state index contributed by atoms with van der Waals surface area (Å²) < 4.78 is 10.4. The van der Waals surface area contributed by atoms with Crippen LogP contribution >= 0.6 is 0 Å². The van der Waals surface area contributed by atoms with Gasteiger partial charge in [0.15, 0.2) is 17.3 Å². The molecule has 2 fully saturated rings. The van der Waals surface area contributed by atoms with Crippen molar-refractivity contribution in [1.29, 1.82) is 0 Å². The molecular formula is C23H25N3O5. The second-order valence-corrected chi connectivity index (χ2v) is 7.52. The van der Waals surface area contributed by atoms with Crippen LogP contribution in [0.3, 0.4) is 0 Å². The van der Waals surface area contributed by atoms with Crippen LogP contribution in [0.5, 0.6) is 11.5 Å². The number of fused-ring (bicyclic) bond motifs is 1. The Hall–Kier alpha value is -3.55. The molecule has 162 valence electrons. The number of hydrogen-bond donors (Lipinski definition) is 1. The average molecular weight is 423 g/mol. The zero-order valence-corrected chi connectivity index (χ0v) is 17.6. The standard InChI is InChI=1S/C23H25N3O5/c1-30-20-10-5-15(14-21(20)31-2)19(27)11-12-24-16-6-8-17(9-7-16)26-22(28)18-4-3-13-25(18)23(26)29/h5-10,14,18,24H,3-4,11-13H2,1-2H3/t18-/m1/s1. The first kappa shape index (κ1) is 20.7. The van der Waals surface area contributed by atoms with Crippen molar-refractivity contribution in [3.05, 3.63) is 48.0 Å². The predicted molar refractivity (Wildman–Crippen MR) is 116 cm³/mol. The van der Waals surface area contributed by atoms with Crippen molar-refractivity contribution in [2.75, 3.05) is 37.5 Å². The molecule has 0 radical (unpaired) electrons. The average Bonchev–Trinajstić information content (AvgIpc) is 3.37. The molecule has 2 aliphatic rings. The van der Waals surface area contributed by atoms with Crippen molar-refractivity contribution < 1.29 is 23.9 Å². The summed E-state index contributed by atoms with van der Waals surface area (Å²) in [5.41, 5.74) is 1.93. The fraction of sp³-hybridized carbons (Fsp3) is 0.348. The Kier molecular flexibility index (Phi) is 5.79. The fourth-order valence-electron chi connectivity index (χ4n) is 4.06. The van der Waals surface area contributed by atoms with Gasteiger partial charge < -0.3 is 19.7 Å². The van der Waals surface area contributed by atoms with Gasteiger partial charge in [0, 0.05) is 30.8 Å². The van der Waals surface area contributed by atoms with Crippen molar-refractivity contribution in [3.63, 3.8) is 0 Å². The molecule has 2 aromatic rings. The summed E-state index contributed by atoms with van der Waals surface area (Å²) in [5.74, 6) is 0.929. The van der Waals surface area contributed by atoms with E-state index in [1.807, 2.05) is 0 Å². The van der Waals surface area contributed by atoms with Crippen molar-refractivity contribution in [2.24, 2.45) is 0 Å². The number of carbonyl (C=O) groups is 3. The molecule has 0 spiro atoms. The van der Waals surface area contributed by atoms with Crippen LogP contribution in [-0.2, 0) is 4.79 Å². The van der Waals surface area contributed by atoms with E-state index in [4.69, 9.17) is 9.47 Å². The molecule has 8 heteroatoms. The van der Waals surface area contributed by atoms with Gasteiger partial charge in [0.2, 0.25) is 0 Å². The van der Waals surface area contributed by atoms with E-state index in [0.29, 0.717) is 42.3 Å². The number of rotatable bonds is 8. The van der Waals surface area contributed by atoms with E-state index in [-0.39, 0.29) is 23.8 Å². The Morgan fingerprint density at radius 3 is 2.48 bits per heavy atom. The summed E-state index contributed by atoms with van der Waals surface area (Å²) in [5, 5.41) is 3.20. The second kappa shape index (κ2) is 8.67. The van der Waals surface area contributed by atoms with Crippen molar-refractivity contribution >= 4 is 29.1 Å². The summed E-state index contributed by atoms with van der Waals surface area (Å²) >= 11 is 0. The molecule has 0 aromatic heterocycles. The lowest BCUT2D eigenvalue weighted by molar-refractivity contribution is -0.119. The Bertz CT molecular complexity index is 983. The highest BCUT2D eigenvalue weighted by Gasteiger charge is 2.47. The van der Waals surface area contributed by atoms with Gasteiger partial charge in [-0.05, 0) is 55.3 Å². The van der Waals surface area contributed by atoms with Gasteiger partial charge in [-0.3, -0.25) is 9.59 Å². The van der Waals surface area contributed by atoms with Crippen LogP contribution in [0.4, 0.5) is 16.2 Å². The van der Waals surface area contributed by atoms with E-state index < -0.39 is 0 Å². The van der Waals surface area contributed by atoms with Crippen LogP contribution in [0.25, 0.3) is 0 Å². The van der Waals surface area contributed by atoms with Gasteiger partial charge in [-0.2, -0.15) is 0 Å². The largest absolute Gasteiger partial charge is 0.493 e.